The molecule has 0 saturated heterocycles. The molecule has 0 aromatic heterocycles. The Labute approximate surface area is 115 Å². The third-order valence-electron chi connectivity index (χ3n) is 2.32. The molecule has 1 aromatic rings. The van der Waals surface area contributed by atoms with Gasteiger partial charge in [0.25, 0.3) is 0 Å². The monoisotopic (exact) mass is 284 g/mol. The quantitative estimate of drug-likeness (QED) is 0.779. The van der Waals surface area contributed by atoms with E-state index >= 15 is 0 Å². The Bertz CT molecular complexity index is 392. The van der Waals surface area contributed by atoms with Crippen LogP contribution in [0.5, 0.6) is 0 Å². The Morgan fingerprint density at radius 1 is 1.28 bits per heavy atom. The molecular formula is C13H16O3S2. The van der Waals surface area contributed by atoms with Crippen molar-refractivity contribution in [3.63, 3.8) is 0 Å². The van der Waals surface area contributed by atoms with E-state index in [1.165, 1.54) is 6.92 Å². The van der Waals surface area contributed by atoms with Crippen LogP contribution in [0.15, 0.2) is 35.2 Å². The highest BCUT2D eigenvalue weighted by molar-refractivity contribution is 8.13. The number of benzene rings is 1. The number of carboxylic acid groups (broad SMARTS) is 1. The van der Waals surface area contributed by atoms with Gasteiger partial charge in [0.05, 0.1) is 5.92 Å². The maximum atomic E-state index is 11.0. The van der Waals surface area contributed by atoms with Gasteiger partial charge in [0.1, 0.15) is 0 Å². The topological polar surface area (TPSA) is 54.4 Å². The molecule has 1 atom stereocenters. The zero-order chi connectivity index (χ0) is 13.4. The summed E-state index contributed by atoms with van der Waals surface area (Å²) >= 11 is 2.73. The van der Waals surface area contributed by atoms with Crippen molar-refractivity contribution < 1.29 is 14.7 Å². The summed E-state index contributed by atoms with van der Waals surface area (Å²) in [5.74, 6) is -0.160. The predicted molar refractivity (Wildman–Crippen MR) is 76.0 cm³/mol. The molecule has 1 rings (SSSR count). The lowest BCUT2D eigenvalue weighted by molar-refractivity contribution is -0.140. The molecule has 0 amide bonds. The lowest BCUT2D eigenvalue weighted by atomic mass is 10.1. The molecule has 0 bridgehead atoms. The summed E-state index contributed by atoms with van der Waals surface area (Å²) in [5.41, 5.74) is 0. The molecule has 5 heteroatoms. The summed E-state index contributed by atoms with van der Waals surface area (Å²) < 4.78 is 0. The van der Waals surface area contributed by atoms with Crippen LogP contribution in [0.1, 0.15) is 13.3 Å². The van der Waals surface area contributed by atoms with Gasteiger partial charge in [0.15, 0.2) is 5.12 Å². The third-order valence-corrected chi connectivity index (χ3v) is 4.34. The second-order valence-electron chi connectivity index (χ2n) is 3.79. The van der Waals surface area contributed by atoms with Crippen molar-refractivity contribution in [3.8, 4) is 0 Å². The molecule has 1 unspecified atom stereocenters. The first-order valence-corrected chi connectivity index (χ1v) is 7.60. The standard InChI is InChI=1S/C13H16O3S2/c1-10(14)18-9-11(13(15)16)7-8-17-12-5-3-2-4-6-12/h2-6,11H,7-9H2,1H3,(H,15,16). The minimum atomic E-state index is -0.822. The maximum Gasteiger partial charge on any atom is 0.307 e. The van der Waals surface area contributed by atoms with E-state index in [4.69, 9.17) is 5.11 Å². The molecule has 3 nitrogen and oxygen atoms in total. The maximum absolute atomic E-state index is 11.0. The van der Waals surface area contributed by atoms with E-state index in [0.717, 1.165) is 22.4 Å². The summed E-state index contributed by atoms with van der Waals surface area (Å²) in [5, 5.41) is 9.02. The van der Waals surface area contributed by atoms with Crippen molar-refractivity contribution in [3.05, 3.63) is 30.3 Å². The van der Waals surface area contributed by atoms with Gasteiger partial charge in [0.2, 0.25) is 0 Å². The van der Waals surface area contributed by atoms with Crippen LogP contribution in [-0.2, 0) is 9.59 Å². The molecule has 0 fully saturated rings. The minimum absolute atomic E-state index is 0.0306. The molecule has 0 aliphatic rings. The van der Waals surface area contributed by atoms with Crippen LogP contribution in [0.4, 0.5) is 0 Å². The summed E-state index contributed by atoms with van der Waals surface area (Å²) in [6.45, 7) is 1.46. The highest BCUT2D eigenvalue weighted by atomic mass is 32.2. The fourth-order valence-electron chi connectivity index (χ4n) is 1.33. The van der Waals surface area contributed by atoms with Gasteiger partial charge in [-0.2, -0.15) is 0 Å². The number of carbonyl (C=O) groups is 2. The largest absolute Gasteiger partial charge is 0.481 e. The highest BCUT2D eigenvalue weighted by Gasteiger charge is 2.18. The Kier molecular flexibility index (Phi) is 6.90. The van der Waals surface area contributed by atoms with Gasteiger partial charge in [-0.1, -0.05) is 30.0 Å². The number of rotatable bonds is 7. The number of carboxylic acids is 1. The molecule has 0 spiro atoms. The van der Waals surface area contributed by atoms with Crippen molar-refractivity contribution in [2.24, 2.45) is 5.92 Å². The number of thioether (sulfide) groups is 2. The lowest BCUT2D eigenvalue weighted by Crippen LogP contribution is -2.17. The first kappa shape index (κ1) is 15.1. The number of hydrogen-bond donors (Lipinski definition) is 1. The Morgan fingerprint density at radius 3 is 2.50 bits per heavy atom. The van der Waals surface area contributed by atoms with Gasteiger partial charge in [-0.25, -0.2) is 0 Å². The average molecular weight is 284 g/mol. The fourth-order valence-corrected chi connectivity index (χ4v) is 3.06. The number of aliphatic carboxylic acids is 1. The summed E-state index contributed by atoms with van der Waals surface area (Å²) in [6, 6.07) is 9.88. The zero-order valence-electron chi connectivity index (χ0n) is 10.2. The van der Waals surface area contributed by atoms with Crippen LogP contribution in [0, 0.1) is 5.92 Å². The fraction of sp³-hybridized carbons (Fsp3) is 0.385. The van der Waals surface area contributed by atoms with E-state index < -0.39 is 11.9 Å². The second-order valence-corrected chi connectivity index (χ2v) is 6.15. The molecule has 1 aromatic carbocycles. The van der Waals surface area contributed by atoms with Crippen molar-refractivity contribution in [2.45, 2.75) is 18.2 Å². The van der Waals surface area contributed by atoms with Crippen LogP contribution in [0.25, 0.3) is 0 Å². The third kappa shape index (κ3) is 6.12. The molecule has 0 aliphatic carbocycles. The van der Waals surface area contributed by atoms with Gasteiger partial charge in [-0.05, 0) is 24.3 Å². The van der Waals surface area contributed by atoms with Gasteiger partial charge < -0.3 is 5.11 Å². The molecule has 0 saturated carbocycles. The SMILES string of the molecule is CC(=O)SCC(CCSc1ccccc1)C(=O)O. The van der Waals surface area contributed by atoms with Crippen LogP contribution < -0.4 is 0 Å². The van der Waals surface area contributed by atoms with Gasteiger partial charge in [-0.15, -0.1) is 11.8 Å². The van der Waals surface area contributed by atoms with Crippen LogP contribution in [0.2, 0.25) is 0 Å². The average Bonchev–Trinajstić information content (AvgIpc) is 2.34. The van der Waals surface area contributed by atoms with E-state index in [-0.39, 0.29) is 5.12 Å². The van der Waals surface area contributed by atoms with E-state index in [9.17, 15) is 9.59 Å². The first-order chi connectivity index (χ1) is 8.59. The van der Waals surface area contributed by atoms with E-state index in [1.54, 1.807) is 11.8 Å². The Morgan fingerprint density at radius 2 is 1.94 bits per heavy atom. The minimum Gasteiger partial charge on any atom is -0.481 e. The summed E-state index contributed by atoms with van der Waals surface area (Å²) in [7, 11) is 0. The Hall–Kier alpha value is -0.940. The van der Waals surface area contributed by atoms with Crippen LogP contribution >= 0.6 is 23.5 Å². The van der Waals surface area contributed by atoms with Crippen molar-refractivity contribution in [2.75, 3.05) is 11.5 Å². The molecule has 98 valence electrons. The predicted octanol–water partition coefficient (Wildman–Crippen LogP) is 3.15. The molecule has 1 N–H and O–H groups in total. The number of hydrogen-bond acceptors (Lipinski definition) is 4. The van der Waals surface area contributed by atoms with Gasteiger partial charge in [-0.3, -0.25) is 9.59 Å². The second kappa shape index (κ2) is 8.21. The summed E-state index contributed by atoms with van der Waals surface area (Å²) in [6.07, 6.45) is 0.579. The van der Waals surface area contributed by atoms with Crippen molar-refractivity contribution in [1.29, 1.82) is 0 Å². The zero-order valence-corrected chi connectivity index (χ0v) is 11.8. The molecular weight excluding hydrogens is 268 g/mol. The van der Waals surface area contributed by atoms with Gasteiger partial charge >= 0.3 is 5.97 Å². The van der Waals surface area contributed by atoms with Crippen LogP contribution in [-0.4, -0.2) is 27.7 Å². The summed E-state index contributed by atoms with van der Waals surface area (Å²) in [4.78, 5) is 23.0. The molecule has 18 heavy (non-hydrogen) atoms. The molecule has 0 radical (unpaired) electrons. The van der Waals surface area contributed by atoms with E-state index in [1.807, 2.05) is 30.3 Å². The van der Waals surface area contributed by atoms with Crippen LogP contribution in [0.3, 0.4) is 0 Å². The number of carbonyl (C=O) groups excluding carboxylic acids is 1. The smallest absolute Gasteiger partial charge is 0.307 e. The lowest BCUT2D eigenvalue weighted by Gasteiger charge is -2.10. The Balaban J connectivity index is 2.34. The van der Waals surface area contributed by atoms with Gasteiger partial charge in [0, 0.05) is 17.6 Å². The van der Waals surface area contributed by atoms with Crippen molar-refractivity contribution in [1.82, 2.24) is 0 Å². The highest BCUT2D eigenvalue weighted by Crippen LogP contribution is 2.22. The normalized spacial score (nSPS) is 12.1. The first-order valence-electron chi connectivity index (χ1n) is 5.63. The van der Waals surface area contributed by atoms with Crippen molar-refractivity contribution >= 4 is 34.6 Å². The van der Waals surface area contributed by atoms with E-state index in [0.29, 0.717) is 12.2 Å². The van der Waals surface area contributed by atoms with E-state index in [2.05, 4.69) is 0 Å². The molecule has 0 aliphatic heterocycles. The molecule has 0 heterocycles.